The largest absolute Gasteiger partial charge is 0.435 e. The lowest BCUT2D eigenvalue weighted by Gasteiger charge is -2.31. The number of hydrogen-bond donors (Lipinski definition) is 2. The highest BCUT2D eigenvalue weighted by Gasteiger charge is 2.35. The van der Waals surface area contributed by atoms with Gasteiger partial charge in [0.25, 0.3) is 0 Å². The minimum Gasteiger partial charge on any atom is -0.369 e. The number of H-pyrrole nitrogens is 1. The maximum atomic E-state index is 12.5. The van der Waals surface area contributed by atoms with Crippen LogP contribution in [0.25, 0.3) is 0 Å². The number of aromatic amines is 1. The number of nitrogens with one attached hydrogen (secondary N) is 1. The summed E-state index contributed by atoms with van der Waals surface area (Å²) in [7, 11) is 0. The van der Waals surface area contributed by atoms with Crippen LogP contribution < -0.4 is 5.73 Å². The molecule has 0 aromatic carbocycles. The molecule has 8 heteroatoms. The molecule has 3 N–H and O–H groups in total. The zero-order valence-electron chi connectivity index (χ0n) is 10.2. The predicted molar refractivity (Wildman–Crippen MR) is 61.2 cm³/mol. The number of amides is 1. The summed E-state index contributed by atoms with van der Waals surface area (Å²) in [6.07, 6.45) is -2.84. The van der Waals surface area contributed by atoms with Crippen molar-refractivity contribution in [1.29, 1.82) is 0 Å². The van der Waals surface area contributed by atoms with Crippen LogP contribution in [0.15, 0.2) is 6.07 Å². The summed E-state index contributed by atoms with van der Waals surface area (Å²) < 4.78 is 37.4. The minimum absolute atomic E-state index is 0.0725. The smallest absolute Gasteiger partial charge is 0.369 e. The second kappa shape index (κ2) is 5.20. The Hall–Kier alpha value is -1.57. The number of nitrogens with two attached hydrogens (primary N) is 1. The van der Waals surface area contributed by atoms with Gasteiger partial charge in [-0.3, -0.25) is 14.8 Å². The molecule has 0 aliphatic carbocycles. The van der Waals surface area contributed by atoms with E-state index >= 15 is 0 Å². The van der Waals surface area contributed by atoms with Crippen molar-refractivity contribution in [3.05, 3.63) is 17.5 Å². The standard InChI is InChI=1S/C11H15F3N4O/c12-11(13,14)9-4-8(16-17-9)7-2-1-3-18(5-7)6-10(15)19/h4,7H,1-3,5-6H2,(H2,15,19)(H,16,17)/t7-/m1/s1. The summed E-state index contributed by atoms with van der Waals surface area (Å²) in [5.41, 5.74) is 4.67. The molecule has 0 bridgehead atoms. The van der Waals surface area contributed by atoms with Crippen molar-refractivity contribution < 1.29 is 18.0 Å². The molecule has 2 rings (SSSR count). The maximum Gasteiger partial charge on any atom is 0.435 e. The van der Waals surface area contributed by atoms with Gasteiger partial charge in [-0.2, -0.15) is 18.3 Å². The zero-order valence-corrected chi connectivity index (χ0v) is 10.2. The first-order chi connectivity index (χ1) is 8.86. The van der Waals surface area contributed by atoms with E-state index in [9.17, 15) is 18.0 Å². The van der Waals surface area contributed by atoms with Crippen molar-refractivity contribution in [2.24, 2.45) is 5.73 Å². The van der Waals surface area contributed by atoms with Gasteiger partial charge in [0.05, 0.1) is 6.54 Å². The van der Waals surface area contributed by atoms with Crippen molar-refractivity contribution >= 4 is 5.91 Å². The van der Waals surface area contributed by atoms with Gasteiger partial charge in [-0.05, 0) is 25.5 Å². The number of carbonyl (C=O) groups excluding carboxylic acids is 1. The summed E-state index contributed by atoms with van der Waals surface area (Å²) in [5.74, 6) is -0.502. The molecule has 5 nitrogen and oxygen atoms in total. The predicted octanol–water partition coefficient (Wildman–Crippen LogP) is 1.09. The van der Waals surface area contributed by atoms with E-state index in [1.807, 2.05) is 4.90 Å². The molecule has 1 saturated heterocycles. The molecule has 0 radical (unpaired) electrons. The van der Waals surface area contributed by atoms with Crippen LogP contribution in [-0.2, 0) is 11.0 Å². The Kier molecular flexibility index (Phi) is 3.79. The second-order valence-electron chi connectivity index (χ2n) is 4.75. The number of rotatable bonds is 3. The molecule has 1 aromatic heterocycles. The van der Waals surface area contributed by atoms with Crippen molar-refractivity contribution in [2.75, 3.05) is 19.6 Å². The first-order valence-corrected chi connectivity index (χ1v) is 5.99. The molecule has 0 saturated carbocycles. The lowest BCUT2D eigenvalue weighted by atomic mass is 9.94. The summed E-state index contributed by atoms with van der Waals surface area (Å²) in [6.45, 7) is 1.39. The second-order valence-corrected chi connectivity index (χ2v) is 4.75. The van der Waals surface area contributed by atoms with Gasteiger partial charge in [-0.25, -0.2) is 0 Å². The quantitative estimate of drug-likeness (QED) is 0.868. The average molecular weight is 276 g/mol. The first-order valence-electron chi connectivity index (χ1n) is 5.99. The molecule has 1 atom stereocenters. The number of alkyl halides is 3. The number of carbonyl (C=O) groups is 1. The molecule has 1 aliphatic rings. The number of primary amides is 1. The van der Waals surface area contributed by atoms with Gasteiger partial charge in [0.1, 0.15) is 0 Å². The molecule has 0 spiro atoms. The molecule has 2 heterocycles. The van der Waals surface area contributed by atoms with Crippen molar-refractivity contribution in [3.8, 4) is 0 Å². The van der Waals surface area contributed by atoms with E-state index in [-0.39, 0.29) is 12.5 Å². The molecule has 1 fully saturated rings. The Balaban J connectivity index is 2.05. The first kappa shape index (κ1) is 13.9. The Morgan fingerprint density at radius 1 is 1.58 bits per heavy atom. The van der Waals surface area contributed by atoms with E-state index in [4.69, 9.17) is 5.73 Å². The molecule has 106 valence electrons. The van der Waals surface area contributed by atoms with Gasteiger partial charge < -0.3 is 5.73 Å². The number of nitrogens with zero attached hydrogens (tertiary/aromatic N) is 2. The topological polar surface area (TPSA) is 75.0 Å². The number of hydrogen-bond acceptors (Lipinski definition) is 3. The third-order valence-corrected chi connectivity index (χ3v) is 3.21. The third-order valence-electron chi connectivity index (χ3n) is 3.21. The van der Waals surface area contributed by atoms with E-state index in [0.29, 0.717) is 12.2 Å². The van der Waals surface area contributed by atoms with Crippen LogP contribution in [0.5, 0.6) is 0 Å². The van der Waals surface area contributed by atoms with E-state index < -0.39 is 17.8 Å². The van der Waals surface area contributed by atoms with Crippen LogP contribution in [0.1, 0.15) is 30.1 Å². The summed E-state index contributed by atoms with van der Waals surface area (Å²) >= 11 is 0. The van der Waals surface area contributed by atoms with Gasteiger partial charge in [-0.15, -0.1) is 0 Å². The molecule has 1 aromatic rings. The molecule has 0 unspecified atom stereocenters. The Labute approximate surface area is 108 Å². The van der Waals surface area contributed by atoms with E-state index in [1.54, 1.807) is 0 Å². The highest BCUT2D eigenvalue weighted by atomic mass is 19.4. The molecule has 19 heavy (non-hydrogen) atoms. The van der Waals surface area contributed by atoms with Crippen molar-refractivity contribution in [2.45, 2.75) is 24.9 Å². The Morgan fingerprint density at radius 2 is 2.32 bits per heavy atom. The maximum absolute atomic E-state index is 12.5. The molecule has 1 amide bonds. The molecular formula is C11H15F3N4O. The third kappa shape index (κ3) is 3.46. The van der Waals surface area contributed by atoms with Crippen LogP contribution in [0.3, 0.4) is 0 Å². The fraction of sp³-hybridized carbons (Fsp3) is 0.636. The molecular weight excluding hydrogens is 261 g/mol. The zero-order chi connectivity index (χ0) is 14.0. The van der Waals surface area contributed by atoms with E-state index in [2.05, 4.69) is 10.2 Å². The fourth-order valence-corrected chi connectivity index (χ4v) is 2.36. The van der Waals surface area contributed by atoms with Crippen LogP contribution in [0.4, 0.5) is 13.2 Å². The normalized spacial score (nSPS) is 21.5. The van der Waals surface area contributed by atoms with Crippen LogP contribution in [0, 0.1) is 0 Å². The van der Waals surface area contributed by atoms with E-state index in [0.717, 1.165) is 25.5 Å². The number of likely N-dealkylation sites (tertiary alicyclic amines) is 1. The number of aromatic nitrogens is 2. The van der Waals surface area contributed by atoms with E-state index in [1.165, 1.54) is 0 Å². The highest BCUT2D eigenvalue weighted by Crippen LogP contribution is 2.31. The van der Waals surface area contributed by atoms with Gasteiger partial charge >= 0.3 is 6.18 Å². The Morgan fingerprint density at radius 3 is 2.89 bits per heavy atom. The van der Waals surface area contributed by atoms with Gasteiger partial charge in [0, 0.05) is 18.2 Å². The SMILES string of the molecule is NC(=O)CN1CCC[C@@H](c2cc(C(F)(F)F)n[nH]2)C1. The van der Waals surface area contributed by atoms with Crippen LogP contribution >= 0.6 is 0 Å². The van der Waals surface area contributed by atoms with Crippen LogP contribution in [0.2, 0.25) is 0 Å². The lowest BCUT2D eigenvalue weighted by molar-refractivity contribution is -0.141. The fourth-order valence-electron chi connectivity index (χ4n) is 2.36. The highest BCUT2D eigenvalue weighted by molar-refractivity contribution is 5.75. The number of halogens is 3. The van der Waals surface area contributed by atoms with Gasteiger partial charge in [-0.1, -0.05) is 0 Å². The Bertz CT molecular complexity index is 457. The van der Waals surface area contributed by atoms with Gasteiger partial charge in [0.2, 0.25) is 5.91 Å². The summed E-state index contributed by atoms with van der Waals surface area (Å²) in [4.78, 5) is 12.7. The minimum atomic E-state index is -4.43. The number of piperidine rings is 1. The van der Waals surface area contributed by atoms with Crippen molar-refractivity contribution in [3.63, 3.8) is 0 Å². The lowest BCUT2D eigenvalue weighted by Crippen LogP contribution is -2.40. The monoisotopic (exact) mass is 276 g/mol. The summed E-state index contributed by atoms with van der Waals surface area (Å²) in [6, 6.07) is 1.04. The van der Waals surface area contributed by atoms with Crippen molar-refractivity contribution in [1.82, 2.24) is 15.1 Å². The van der Waals surface area contributed by atoms with Gasteiger partial charge in [0.15, 0.2) is 5.69 Å². The van der Waals surface area contributed by atoms with Crippen LogP contribution in [-0.4, -0.2) is 40.6 Å². The average Bonchev–Trinajstić information content (AvgIpc) is 2.77. The molecule has 1 aliphatic heterocycles. The summed E-state index contributed by atoms with van der Waals surface area (Å²) in [5, 5.41) is 5.73.